The second kappa shape index (κ2) is 7.33. The van der Waals surface area contributed by atoms with E-state index in [9.17, 15) is 4.79 Å². The Morgan fingerprint density at radius 2 is 2.11 bits per heavy atom. The molecular weight excluding hydrogens is 360 g/mol. The van der Waals surface area contributed by atoms with Gasteiger partial charge in [0, 0.05) is 23.7 Å². The molecule has 1 aromatic carbocycles. The van der Waals surface area contributed by atoms with Crippen LogP contribution in [0.5, 0.6) is 0 Å². The number of pyridine rings is 1. The first-order chi connectivity index (χ1) is 13.0. The number of carbonyl (C=O) groups is 1. The summed E-state index contributed by atoms with van der Waals surface area (Å²) < 4.78 is 2.05. The van der Waals surface area contributed by atoms with Crippen LogP contribution in [-0.4, -0.2) is 40.8 Å². The van der Waals surface area contributed by atoms with Crippen LogP contribution in [0.15, 0.2) is 48.7 Å². The van der Waals surface area contributed by atoms with Gasteiger partial charge in [-0.3, -0.25) is 4.79 Å². The van der Waals surface area contributed by atoms with Crippen molar-refractivity contribution in [3.63, 3.8) is 0 Å². The van der Waals surface area contributed by atoms with Crippen molar-refractivity contribution in [2.75, 3.05) is 20.6 Å². The highest BCUT2D eigenvalue weighted by Gasteiger charge is 2.30. The summed E-state index contributed by atoms with van der Waals surface area (Å²) in [5.41, 5.74) is 2.43. The molecule has 0 bridgehead atoms. The minimum Gasteiger partial charge on any atom is -0.349 e. The molecule has 27 heavy (non-hydrogen) atoms. The first-order valence-corrected chi connectivity index (χ1v) is 9.59. The minimum absolute atomic E-state index is 0.0319. The lowest BCUT2D eigenvalue weighted by Crippen LogP contribution is -2.34. The molecule has 0 saturated heterocycles. The smallest absolute Gasteiger partial charge is 0.272 e. The molecule has 3 aromatic rings. The molecule has 2 aromatic heterocycles. The van der Waals surface area contributed by atoms with E-state index >= 15 is 0 Å². The lowest BCUT2D eigenvalue weighted by atomic mass is 10.1. The number of likely N-dealkylation sites (N-methyl/N-ethyl adjacent to an activating group) is 1. The highest BCUT2D eigenvalue weighted by atomic mass is 35.5. The monoisotopic (exact) mass is 382 g/mol. The zero-order valence-corrected chi connectivity index (χ0v) is 16.3. The number of nitrogens with zero attached hydrogens (tertiary/aromatic N) is 3. The normalized spacial score (nSPS) is 15.3. The zero-order chi connectivity index (χ0) is 19.0. The van der Waals surface area contributed by atoms with E-state index in [2.05, 4.69) is 15.2 Å². The molecule has 1 amide bonds. The summed E-state index contributed by atoms with van der Waals surface area (Å²) in [5.74, 6) is 1.33. The quantitative estimate of drug-likeness (QED) is 0.703. The second-order valence-electron chi connectivity index (χ2n) is 7.29. The van der Waals surface area contributed by atoms with Gasteiger partial charge in [-0.2, -0.15) is 0 Å². The van der Waals surface area contributed by atoms with E-state index < -0.39 is 0 Å². The van der Waals surface area contributed by atoms with E-state index in [1.54, 1.807) is 0 Å². The van der Waals surface area contributed by atoms with Crippen molar-refractivity contribution in [2.45, 2.75) is 24.8 Å². The van der Waals surface area contributed by atoms with E-state index in [1.165, 1.54) is 0 Å². The summed E-state index contributed by atoms with van der Waals surface area (Å²) in [7, 11) is 3.99. The topological polar surface area (TPSA) is 49.6 Å². The Labute approximate surface area is 164 Å². The van der Waals surface area contributed by atoms with Gasteiger partial charge in [-0.15, -0.1) is 0 Å². The van der Waals surface area contributed by atoms with Crippen LogP contribution in [0.25, 0.3) is 5.52 Å². The summed E-state index contributed by atoms with van der Waals surface area (Å²) in [6.45, 7) is 0.483. The van der Waals surface area contributed by atoms with Crippen LogP contribution in [0, 0.1) is 0 Å². The lowest BCUT2D eigenvalue weighted by Gasteiger charge is -2.25. The number of aromatic nitrogens is 2. The fourth-order valence-corrected chi connectivity index (χ4v) is 3.64. The van der Waals surface area contributed by atoms with Crippen molar-refractivity contribution >= 4 is 23.0 Å². The van der Waals surface area contributed by atoms with Crippen molar-refractivity contribution in [3.8, 4) is 0 Å². The van der Waals surface area contributed by atoms with Crippen LogP contribution in [0.2, 0.25) is 5.02 Å². The average molecular weight is 383 g/mol. The van der Waals surface area contributed by atoms with E-state index in [0.29, 0.717) is 23.2 Å². The van der Waals surface area contributed by atoms with Gasteiger partial charge in [0.1, 0.15) is 5.82 Å². The van der Waals surface area contributed by atoms with E-state index in [0.717, 1.165) is 29.7 Å². The van der Waals surface area contributed by atoms with Gasteiger partial charge in [0.2, 0.25) is 0 Å². The first kappa shape index (κ1) is 18.0. The largest absolute Gasteiger partial charge is 0.349 e. The number of rotatable bonds is 6. The predicted molar refractivity (Wildman–Crippen MR) is 107 cm³/mol. The lowest BCUT2D eigenvalue weighted by molar-refractivity contribution is 0.0939. The van der Waals surface area contributed by atoms with Gasteiger partial charge >= 0.3 is 0 Å². The Bertz CT molecular complexity index is 977. The number of hydrogen-bond acceptors (Lipinski definition) is 3. The number of imidazole rings is 1. The number of amides is 1. The summed E-state index contributed by atoms with van der Waals surface area (Å²) >= 11 is 6.14. The second-order valence-corrected chi connectivity index (χ2v) is 7.73. The molecule has 0 spiro atoms. The van der Waals surface area contributed by atoms with E-state index in [-0.39, 0.29) is 11.9 Å². The Morgan fingerprint density at radius 1 is 1.30 bits per heavy atom. The molecule has 140 valence electrons. The maximum Gasteiger partial charge on any atom is 0.272 e. The third-order valence-corrected chi connectivity index (χ3v) is 5.28. The molecule has 6 heteroatoms. The third-order valence-electron chi connectivity index (χ3n) is 5.05. The Hall–Kier alpha value is -2.37. The molecule has 2 heterocycles. The summed E-state index contributed by atoms with van der Waals surface area (Å²) in [6, 6.07) is 13.7. The molecule has 1 unspecified atom stereocenters. The van der Waals surface area contributed by atoms with Crippen LogP contribution >= 0.6 is 11.6 Å². The highest BCUT2D eigenvalue weighted by Crippen LogP contribution is 2.40. The van der Waals surface area contributed by atoms with Gasteiger partial charge in [0.25, 0.3) is 5.91 Å². The number of benzene rings is 1. The molecule has 1 atom stereocenters. The number of fused-ring (bicyclic) bond motifs is 1. The van der Waals surface area contributed by atoms with Crippen molar-refractivity contribution < 1.29 is 4.79 Å². The molecule has 1 aliphatic carbocycles. The van der Waals surface area contributed by atoms with Crippen LogP contribution in [0.3, 0.4) is 0 Å². The first-order valence-electron chi connectivity index (χ1n) is 9.21. The summed E-state index contributed by atoms with van der Waals surface area (Å²) in [6.07, 6.45) is 4.28. The van der Waals surface area contributed by atoms with Crippen molar-refractivity contribution in [2.24, 2.45) is 0 Å². The van der Waals surface area contributed by atoms with Gasteiger partial charge in [-0.1, -0.05) is 29.8 Å². The maximum absolute atomic E-state index is 12.9. The molecule has 1 N–H and O–H groups in total. The molecule has 5 nitrogen and oxygen atoms in total. The maximum atomic E-state index is 12.9. The summed E-state index contributed by atoms with van der Waals surface area (Å²) in [5, 5.41) is 3.76. The molecule has 0 aliphatic heterocycles. The van der Waals surface area contributed by atoms with Gasteiger partial charge in [-0.25, -0.2) is 4.98 Å². The Morgan fingerprint density at radius 3 is 2.81 bits per heavy atom. The SMILES string of the molecule is CN(C)C(CNC(=O)c1nc(C2CC2)n2ccccc12)c1cccc(Cl)c1. The molecule has 1 saturated carbocycles. The van der Waals surface area contributed by atoms with Crippen LogP contribution in [0.1, 0.15) is 46.7 Å². The summed E-state index contributed by atoms with van der Waals surface area (Å²) in [4.78, 5) is 19.7. The fraction of sp³-hybridized carbons (Fsp3) is 0.333. The van der Waals surface area contributed by atoms with Crippen LogP contribution in [0.4, 0.5) is 0 Å². The molecule has 1 aliphatic rings. The molecule has 1 fully saturated rings. The van der Waals surface area contributed by atoms with E-state index in [4.69, 9.17) is 11.6 Å². The van der Waals surface area contributed by atoms with Gasteiger partial charge in [0.15, 0.2) is 5.69 Å². The Balaban J connectivity index is 1.56. The number of carbonyl (C=O) groups excluding carboxylic acids is 1. The van der Waals surface area contributed by atoms with Crippen LogP contribution < -0.4 is 5.32 Å². The number of halogens is 1. The van der Waals surface area contributed by atoms with Crippen molar-refractivity contribution in [3.05, 3.63) is 70.8 Å². The van der Waals surface area contributed by atoms with E-state index in [1.807, 2.05) is 67.2 Å². The highest BCUT2D eigenvalue weighted by molar-refractivity contribution is 6.30. The van der Waals surface area contributed by atoms with Gasteiger partial charge in [-0.05, 0) is 56.8 Å². The number of hydrogen-bond donors (Lipinski definition) is 1. The third kappa shape index (κ3) is 3.70. The van der Waals surface area contributed by atoms with Crippen LogP contribution in [-0.2, 0) is 0 Å². The Kier molecular flexibility index (Phi) is 4.89. The van der Waals surface area contributed by atoms with Crippen molar-refractivity contribution in [1.82, 2.24) is 19.6 Å². The zero-order valence-electron chi connectivity index (χ0n) is 15.5. The average Bonchev–Trinajstić information content (AvgIpc) is 3.42. The molecule has 4 rings (SSSR count). The fourth-order valence-electron chi connectivity index (χ4n) is 3.44. The standard InChI is InChI=1S/C21H23ClN4O/c1-25(2)18(15-6-5-7-16(22)12-15)13-23-21(27)19-17-8-3-4-11-26(17)20(24-19)14-9-10-14/h3-8,11-12,14,18H,9-10,13H2,1-2H3,(H,23,27). The predicted octanol–water partition coefficient (Wildman–Crippen LogP) is 3.90. The number of nitrogens with one attached hydrogen (secondary N) is 1. The van der Waals surface area contributed by atoms with Gasteiger partial charge in [0.05, 0.1) is 11.6 Å². The molecular formula is C21H23ClN4O. The molecule has 0 radical (unpaired) electrons. The van der Waals surface area contributed by atoms with Crippen molar-refractivity contribution in [1.29, 1.82) is 0 Å². The minimum atomic E-state index is -0.139. The van der Waals surface area contributed by atoms with Gasteiger partial charge < -0.3 is 14.6 Å².